The van der Waals surface area contributed by atoms with Crippen LogP contribution >= 0.6 is 0 Å². The van der Waals surface area contributed by atoms with E-state index in [0.29, 0.717) is 5.92 Å². The molecule has 0 aromatic carbocycles. The monoisotopic (exact) mass is 457 g/mol. The summed E-state index contributed by atoms with van der Waals surface area (Å²) in [7, 11) is 1.56. The molecule has 0 saturated carbocycles. The lowest BCUT2D eigenvalue weighted by molar-refractivity contribution is -0.192. The molecular formula is C20H26F3N5O4. The average molecular weight is 457 g/mol. The maximum Gasteiger partial charge on any atom is 0.490 e. The zero-order valence-electron chi connectivity index (χ0n) is 17.7. The van der Waals surface area contributed by atoms with Crippen LogP contribution < -0.4 is 4.90 Å². The third kappa shape index (κ3) is 5.87. The number of aromatic nitrogens is 3. The molecule has 2 saturated heterocycles. The number of likely N-dealkylation sites (tertiary alicyclic amines) is 1. The van der Waals surface area contributed by atoms with Gasteiger partial charge in [0.25, 0.3) is 0 Å². The zero-order chi connectivity index (χ0) is 23.3. The standard InChI is InChI=1S/C18H25N5O2.C2HF3O2/c1-25-13-17(24)22-10-6-14(7-11-22)18-19-16-5-4-15(12-23(16)20-18)21-8-2-3-9-21;3-2(4,5)1(6)7/h4-5,12,14H,2-3,6-11,13H2,1H3;(H,6,7). The highest BCUT2D eigenvalue weighted by molar-refractivity contribution is 5.77. The van der Waals surface area contributed by atoms with Crippen LogP contribution in [0.4, 0.5) is 18.9 Å². The maximum atomic E-state index is 11.9. The van der Waals surface area contributed by atoms with Gasteiger partial charge in [-0.15, -0.1) is 0 Å². The van der Waals surface area contributed by atoms with Gasteiger partial charge in [0.05, 0.1) is 11.9 Å². The van der Waals surface area contributed by atoms with Gasteiger partial charge in [-0.25, -0.2) is 14.3 Å². The SMILES string of the molecule is COCC(=O)N1CCC(c2nc3ccc(N4CCCC4)cn3n2)CC1.O=C(O)C(F)(F)F. The predicted molar refractivity (Wildman–Crippen MR) is 109 cm³/mol. The fourth-order valence-corrected chi connectivity index (χ4v) is 3.83. The number of ether oxygens (including phenoxy) is 1. The number of aliphatic carboxylic acids is 1. The molecule has 176 valence electrons. The van der Waals surface area contributed by atoms with E-state index in [9.17, 15) is 18.0 Å². The van der Waals surface area contributed by atoms with E-state index in [-0.39, 0.29) is 12.5 Å². The molecule has 0 spiro atoms. The Labute approximate surface area is 182 Å². The quantitative estimate of drug-likeness (QED) is 0.752. The molecular weight excluding hydrogens is 431 g/mol. The molecule has 0 atom stereocenters. The van der Waals surface area contributed by atoms with Crippen LogP contribution in [0.15, 0.2) is 18.3 Å². The zero-order valence-corrected chi connectivity index (χ0v) is 17.7. The number of alkyl halides is 3. The number of rotatable bonds is 4. The summed E-state index contributed by atoms with van der Waals surface area (Å²) in [5.41, 5.74) is 2.12. The van der Waals surface area contributed by atoms with E-state index >= 15 is 0 Å². The van der Waals surface area contributed by atoms with Crippen molar-refractivity contribution >= 4 is 23.2 Å². The Morgan fingerprint density at radius 3 is 2.34 bits per heavy atom. The molecule has 0 aliphatic carbocycles. The smallest absolute Gasteiger partial charge is 0.475 e. The Morgan fingerprint density at radius 2 is 1.78 bits per heavy atom. The first-order valence-electron chi connectivity index (χ1n) is 10.4. The van der Waals surface area contributed by atoms with E-state index in [0.717, 1.165) is 50.5 Å². The predicted octanol–water partition coefficient (Wildman–Crippen LogP) is 2.32. The number of methoxy groups -OCH3 is 1. The van der Waals surface area contributed by atoms with Crippen LogP contribution in [0, 0.1) is 0 Å². The minimum absolute atomic E-state index is 0.0687. The van der Waals surface area contributed by atoms with Crippen LogP contribution in [-0.4, -0.2) is 82.6 Å². The van der Waals surface area contributed by atoms with Gasteiger partial charge in [-0.05, 0) is 37.8 Å². The van der Waals surface area contributed by atoms with Crippen LogP contribution in [0.3, 0.4) is 0 Å². The minimum Gasteiger partial charge on any atom is -0.475 e. The largest absolute Gasteiger partial charge is 0.490 e. The van der Waals surface area contributed by atoms with Gasteiger partial charge in [0.2, 0.25) is 5.91 Å². The summed E-state index contributed by atoms with van der Waals surface area (Å²) in [6.45, 7) is 3.92. The van der Waals surface area contributed by atoms with Gasteiger partial charge in [0, 0.05) is 39.2 Å². The number of hydrogen-bond acceptors (Lipinski definition) is 6. The molecule has 32 heavy (non-hydrogen) atoms. The molecule has 2 aromatic heterocycles. The Balaban J connectivity index is 0.000000360. The Hall–Kier alpha value is -2.89. The minimum atomic E-state index is -5.08. The number of piperidine rings is 1. The highest BCUT2D eigenvalue weighted by Crippen LogP contribution is 2.27. The van der Waals surface area contributed by atoms with Crippen molar-refractivity contribution in [2.45, 2.75) is 37.8 Å². The topological polar surface area (TPSA) is 100 Å². The van der Waals surface area contributed by atoms with E-state index in [1.54, 1.807) is 7.11 Å². The first kappa shape index (κ1) is 23.8. The van der Waals surface area contributed by atoms with Gasteiger partial charge in [0.1, 0.15) is 6.61 Å². The van der Waals surface area contributed by atoms with Crippen molar-refractivity contribution in [1.29, 1.82) is 0 Å². The maximum absolute atomic E-state index is 11.9. The third-order valence-electron chi connectivity index (χ3n) is 5.53. The summed E-state index contributed by atoms with van der Waals surface area (Å²) in [5.74, 6) is -1.47. The van der Waals surface area contributed by atoms with Crippen LogP contribution in [0.25, 0.3) is 5.65 Å². The molecule has 9 nitrogen and oxygen atoms in total. The van der Waals surface area contributed by atoms with Crippen LogP contribution in [0.1, 0.15) is 37.4 Å². The van der Waals surface area contributed by atoms with E-state index in [1.807, 2.05) is 9.42 Å². The number of carbonyl (C=O) groups excluding carboxylic acids is 1. The third-order valence-corrected chi connectivity index (χ3v) is 5.53. The summed E-state index contributed by atoms with van der Waals surface area (Å²) in [6, 6.07) is 4.20. The summed E-state index contributed by atoms with van der Waals surface area (Å²) < 4.78 is 38.6. The summed E-state index contributed by atoms with van der Waals surface area (Å²) >= 11 is 0. The fraction of sp³-hybridized carbons (Fsp3) is 0.600. The number of nitrogens with zero attached hydrogens (tertiary/aromatic N) is 5. The van der Waals surface area contributed by atoms with E-state index < -0.39 is 12.1 Å². The second-order valence-electron chi connectivity index (χ2n) is 7.75. The molecule has 1 N–H and O–H groups in total. The van der Waals surface area contributed by atoms with Crippen LogP contribution in [0.5, 0.6) is 0 Å². The van der Waals surface area contributed by atoms with Crippen LogP contribution in [0.2, 0.25) is 0 Å². The first-order chi connectivity index (χ1) is 15.2. The van der Waals surface area contributed by atoms with Gasteiger partial charge in [-0.3, -0.25) is 4.79 Å². The Bertz CT molecular complexity index is 935. The fourth-order valence-electron chi connectivity index (χ4n) is 3.83. The lowest BCUT2D eigenvalue weighted by Gasteiger charge is -2.30. The number of amides is 1. The van der Waals surface area contributed by atoms with Gasteiger partial charge in [-0.1, -0.05) is 0 Å². The van der Waals surface area contributed by atoms with E-state index in [4.69, 9.17) is 24.7 Å². The molecule has 2 aliphatic heterocycles. The Morgan fingerprint density at radius 1 is 1.16 bits per heavy atom. The van der Waals surface area contributed by atoms with Gasteiger partial charge in [-0.2, -0.15) is 18.3 Å². The van der Waals surface area contributed by atoms with Crippen molar-refractivity contribution in [2.75, 3.05) is 44.8 Å². The summed E-state index contributed by atoms with van der Waals surface area (Å²) in [4.78, 5) is 29.8. The number of anilines is 1. The second kappa shape index (κ2) is 10.2. The summed E-state index contributed by atoms with van der Waals surface area (Å²) in [6.07, 6.45) is 1.35. The second-order valence-corrected chi connectivity index (χ2v) is 7.75. The lowest BCUT2D eigenvalue weighted by atomic mass is 9.96. The van der Waals surface area contributed by atoms with Gasteiger partial charge in [0.15, 0.2) is 11.5 Å². The summed E-state index contributed by atoms with van der Waals surface area (Å²) in [5, 5.41) is 11.9. The Kier molecular flexibility index (Phi) is 7.54. The molecule has 2 fully saturated rings. The lowest BCUT2D eigenvalue weighted by Crippen LogP contribution is -2.39. The number of halogens is 3. The molecule has 4 rings (SSSR count). The van der Waals surface area contributed by atoms with Crippen molar-refractivity contribution in [2.24, 2.45) is 0 Å². The average Bonchev–Trinajstić information content (AvgIpc) is 3.43. The van der Waals surface area contributed by atoms with Crippen molar-refractivity contribution in [3.05, 3.63) is 24.2 Å². The highest BCUT2D eigenvalue weighted by Gasteiger charge is 2.38. The first-order valence-corrected chi connectivity index (χ1v) is 10.4. The van der Waals surface area contributed by atoms with Gasteiger partial charge >= 0.3 is 12.1 Å². The number of hydrogen-bond donors (Lipinski definition) is 1. The molecule has 0 radical (unpaired) electrons. The normalized spacial score (nSPS) is 17.4. The number of pyridine rings is 1. The molecule has 4 heterocycles. The van der Waals surface area contributed by atoms with Crippen LogP contribution in [-0.2, 0) is 14.3 Å². The number of carboxylic acids is 1. The van der Waals surface area contributed by atoms with Gasteiger partial charge < -0.3 is 19.6 Å². The van der Waals surface area contributed by atoms with Crippen molar-refractivity contribution in [3.8, 4) is 0 Å². The van der Waals surface area contributed by atoms with E-state index in [2.05, 4.69) is 23.2 Å². The molecule has 0 unspecified atom stereocenters. The number of carboxylic acid groups (broad SMARTS) is 1. The number of carbonyl (C=O) groups is 2. The molecule has 2 aliphatic rings. The van der Waals surface area contributed by atoms with Crippen molar-refractivity contribution < 1.29 is 32.6 Å². The molecule has 1 amide bonds. The molecule has 2 aromatic rings. The molecule has 12 heteroatoms. The highest BCUT2D eigenvalue weighted by atomic mass is 19.4. The van der Waals surface area contributed by atoms with Crippen molar-refractivity contribution in [1.82, 2.24) is 19.5 Å². The molecule has 0 bridgehead atoms. The van der Waals surface area contributed by atoms with E-state index in [1.165, 1.54) is 18.5 Å². The number of fused-ring (bicyclic) bond motifs is 1. The van der Waals surface area contributed by atoms with Crippen molar-refractivity contribution in [3.63, 3.8) is 0 Å².